The number of nitrogens with one attached hydrogen (secondary N) is 2. The lowest BCUT2D eigenvalue weighted by Crippen LogP contribution is -2.23. The maximum atomic E-state index is 12.3. The van der Waals surface area contributed by atoms with Crippen LogP contribution in [0, 0.1) is 5.92 Å². The van der Waals surface area contributed by atoms with E-state index in [1.807, 2.05) is 24.3 Å². The lowest BCUT2D eigenvalue weighted by atomic mass is 10.1. The van der Waals surface area contributed by atoms with Gasteiger partial charge in [0.05, 0.1) is 0 Å². The second kappa shape index (κ2) is 7.88. The van der Waals surface area contributed by atoms with Gasteiger partial charge >= 0.3 is 0 Å². The van der Waals surface area contributed by atoms with Crippen molar-refractivity contribution in [3.63, 3.8) is 0 Å². The highest BCUT2D eigenvalue weighted by Crippen LogP contribution is 2.32. The van der Waals surface area contributed by atoms with E-state index in [2.05, 4.69) is 29.5 Å². The van der Waals surface area contributed by atoms with Crippen molar-refractivity contribution in [2.75, 3.05) is 18.7 Å². The van der Waals surface area contributed by atoms with Gasteiger partial charge in [0.15, 0.2) is 11.5 Å². The fraction of sp³-hybridized carbons (Fsp3) is 0.368. The van der Waals surface area contributed by atoms with Crippen molar-refractivity contribution in [3.8, 4) is 11.5 Å². The van der Waals surface area contributed by atoms with Gasteiger partial charge in [-0.1, -0.05) is 19.9 Å². The first kappa shape index (κ1) is 17.1. The summed E-state index contributed by atoms with van der Waals surface area (Å²) < 4.78 is 10.6. The van der Waals surface area contributed by atoms with Gasteiger partial charge in [-0.2, -0.15) is 0 Å². The molecule has 3 rings (SSSR count). The average molecular weight is 341 g/mol. The topological polar surface area (TPSA) is 72.5 Å². The monoisotopic (exact) mass is 341 g/mol. The minimum absolute atomic E-state index is 0.204. The molecule has 1 amide bonds. The highest BCUT2D eigenvalue weighted by Gasteiger charge is 2.14. The molecule has 2 heterocycles. The van der Waals surface area contributed by atoms with Crippen LogP contribution in [0.1, 0.15) is 36.3 Å². The van der Waals surface area contributed by atoms with Crippen LogP contribution in [0.5, 0.6) is 11.5 Å². The third kappa shape index (κ3) is 4.62. The molecule has 1 aliphatic heterocycles. The SMILES string of the molecule is CC(C)CCNc1ccnc(C(=O)NCc2ccc3c(c2)OCO3)c1. The molecule has 25 heavy (non-hydrogen) atoms. The van der Waals surface area contributed by atoms with Crippen molar-refractivity contribution in [1.82, 2.24) is 10.3 Å². The third-order valence-electron chi connectivity index (χ3n) is 3.93. The summed E-state index contributed by atoms with van der Waals surface area (Å²) in [5.41, 5.74) is 2.25. The van der Waals surface area contributed by atoms with Crippen molar-refractivity contribution < 1.29 is 14.3 Å². The molecule has 6 nitrogen and oxygen atoms in total. The molecule has 0 atom stereocenters. The van der Waals surface area contributed by atoms with Crippen molar-refractivity contribution in [2.24, 2.45) is 5.92 Å². The van der Waals surface area contributed by atoms with Gasteiger partial charge < -0.3 is 20.1 Å². The van der Waals surface area contributed by atoms with Gasteiger partial charge in [0.2, 0.25) is 6.79 Å². The molecule has 6 heteroatoms. The Kier molecular flexibility index (Phi) is 5.38. The Hall–Kier alpha value is -2.76. The van der Waals surface area contributed by atoms with Gasteiger partial charge in [0.1, 0.15) is 5.69 Å². The van der Waals surface area contributed by atoms with Gasteiger partial charge in [-0.15, -0.1) is 0 Å². The van der Waals surface area contributed by atoms with E-state index in [4.69, 9.17) is 9.47 Å². The summed E-state index contributed by atoms with van der Waals surface area (Å²) in [6.07, 6.45) is 2.72. The lowest BCUT2D eigenvalue weighted by Gasteiger charge is -2.10. The quantitative estimate of drug-likeness (QED) is 0.809. The number of benzene rings is 1. The normalized spacial score (nSPS) is 12.3. The number of carbonyl (C=O) groups excluding carboxylic acids is 1. The Morgan fingerprint density at radius 1 is 1.20 bits per heavy atom. The summed E-state index contributed by atoms with van der Waals surface area (Å²) >= 11 is 0. The van der Waals surface area contributed by atoms with Crippen LogP contribution in [0.2, 0.25) is 0 Å². The first-order chi connectivity index (χ1) is 12.1. The number of amides is 1. The lowest BCUT2D eigenvalue weighted by molar-refractivity contribution is 0.0946. The zero-order chi connectivity index (χ0) is 17.6. The maximum absolute atomic E-state index is 12.3. The molecule has 0 saturated carbocycles. The van der Waals surface area contributed by atoms with Crippen LogP contribution in [0.4, 0.5) is 5.69 Å². The number of hydrogen-bond acceptors (Lipinski definition) is 5. The molecule has 1 aromatic carbocycles. The minimum atomic E-state index is -0.204. The second-order valence-corrected chi connectivity index (χ2v) is 6.41. The van der Waals surface area contributed by atoms with E-state index >= 15 is 0 Å². The maximum Gasteiger partial charge on any atom is 0.270 e. The van der Waals surface area contributed by atoms with Gasteiger partial charge in [-0.25, -0.2) is 0 Å². The molecular formula is C19H23N3O3. The van der Waals surface area contributed by atoms with Crippen LogP contribution >= 0.6 is 0 Å². The van der Waals surface area contributed by atoms with Gasteiger partial charge in [0.25, 0.3) is 5.91 Å². The van der Waals surface area contributed by atoms with E-state index in [1.54, 1.807) is 12.3 Å². The molecule has 0 aliphatic carbocycles. The smallest absolute Gasteiger partial charge is 0.270 e. The zero-order valence-corrected chi connectivity index (χ0v) is 14.5. The predicted molar refractivity (Wildman–Crippen MR) is 95.9 cm³/mol. The van der Waals surface area contributed by atoms with E-state index in [0.29, 0.717) is 23.9 Å². The number of rotatable bonds is 7. The summed E-state index contributed by atoms with van der Waals surface area (Å²) in [5.74, 6) is 1.88. The zero-order valence-electron chi connectivity index (χ0n) is 14.5. The first-order valence-corrected chi connectivity index (χ1v) is 8.48. The van der Waals surface area contributed by atoms with Crippen LogP contribution in [0.3, 0.4) is 0 Å². The summed E-state index contributed by atoms with van der Waals surface area (Å²) in [4.78, 5) is 16.5. The largest absolute Gasteiger partial charge is 0.454 e. The second-order valence-electron chi connectivity index (χ2n) is 6.41. The Labute approximate surface area is 147 Å². The molecule has 0 saturated heterocycles. The van der Waals surface area contributed by atoms with Crippen LogP contribution in [-0.4, -0.2) is 24.2 Å². The summed E-state index contributed by atoms with van der Waals surface area (Å²) in [5, 5.41) is 6.21. The fourth-order valence-electron chi connectivity index (χ4n) is 2.49. The molecule has 0 unspecified atom stereocenters. The number of anilines is 1. The van der Waals surface area contributed by atoms with Crippen molar-refractivity contribution in [2.45, 2.75) is 26.8 Å². The van der Waals surface area contributed by atoms with E-state index in [9.17, 15) is 4.79 Å². The third-order valence-corrected chi connectivity index (χ3v) is 3.93. The molecule has 0 fully saturated rings. The van der Waals surface area contributed by atoms with Crippen molar-refractivity contribution in [1.29, 1.82) is 0 Å². The Morgan fingerprint density at radius 2 is 2.04 bits per heavy atom. The number of carbonyl (C=O) groups is 1. The van der Waals surface area contributed by atoms with E-state index in [1.165, 1.54) is 0 Å². The number of nitrogens with zero attached hydrogens (tertiary/aromatic N) is 1. The van der Waals surface area contributed by atoms with E-state index in [-0.39, 0.29) is 12.7 Å². The molecule has 0 radical (unpaired) electrons. The molecule has 2 aromatic rings. The average Bonchev–Trinajstić information content (AvgIpc) is 3.07. The highest BCUT2D eigenvalue weighted by atomic mass is 16.7. The van der Waals surface area contributed by atoms with Crippen molar-refractivity contribution >= 4 is 11.6 Å². The number of aromatic nitrogens is 1. The van der Waals surface area contributed by atoms with Crippen molar-refractivity contribution in [3.05, 3.63) is 47.8 Å². The molecular weight excluding hydrogens is 318 g/mol. The molecule has 0 bridgehead atoms. The van der Waals surface area contributed by atoms with Gasteiger partial charge in [-0.3, -0.25) is 9.78 Å². The van der Waals surface area contributed by atoms with Gasteiger partial charge in [0, 0.05) is 25.0 Å². The summed E-state index contributed by atoms with van der Waals surface area (Å²) in [6, 6.07) is 9.27. The summed E-state index contributed by atoms with van der Waals surface area (Å²) in [7, 11) is 0. The molecule has 0 spiro atoms. The number of hydrogen-bond donors (Lipinski definition) is 2. The van der Waals surface area contributed by atoms with Crippen LogP contribution in [0.15, 0.2) is 36.5 Å². The number of ether oxygens (including phenoxy) is 2. The predicted octanol–water partition coefficient (Wildman–Crippen LogP) is 3.20. The number of fused-ring (bicyclic) bond motifs is 1. The van der Waals surface area contributed by atoms with Gasteiger partial charge in [-0.05, 0) is 42.2 Å². The van der Waals surface area contributed by atoms with Crippen LogP contribution in [-0.2, 0) is 6.54 Å². The Bertz CT molecular complexity index is 746. The summed E-state index contributed by atoms with van der Waals surface area (Å²) in [6.45, 7) is 5.89. The fourth-order valence-corrected chi connectivity index (χ4v) is 2.49. The van der Waals surface area contributed by atoms with Crippen LogP contribution < -0.4 is 20.1 Å². The van der Waals surface area contributed by atoms with E-state index in [0.717, 1.165) is 30.0 Å². The first-order valence-electron chi connectivity index (χ1n) is 8.48. The molecule has 2 N–H and O–H groups in total. The Balaban J connectivity index is 1.56. The minimum Gasteiger partial charge on any atom is -0.454 e. The highest BCUT2D eigenvalue weighted by molar-refractivity contribution is 5.93. The van der Waals surface area contributed by atoms with Crippen LogP contribution in [0.25, 0.3) is 0 Å². The molecule has 1 aliphatic rings. The van der Waals surface area contributed by atoms with E-state index < -0.39 is 0 Å². The molecule has 1 aromatic heterocycles. The number of pyridine rings is 1. The molecule has 132 valence electrons. The standard InChI is InChI=1S/C19H23N3O3/c1-13(2)5-7-20-15-6-8-21-16(10-15)19(23)22-11-14-3-4-17-18(9-14)25-12-24-17/h3-4,6,8-10,13H,5,7,11-12H2,1-2H3,(H,20,21)(H,22,23). The Morgan fingerprint density at radius 3 is 2.88 bits per heavy atom.